The summed E-state index contributed by atoms with van der Waals surface area (Å²) >= 11 is 6.02. The van der Waals surface area contributed by atoms with Crippen molar-refractivity contribution in [2.24, 2.45) is 0 Å². The molecule has 1 N–H and O–H groups in total. The number of ether oxygens (including phenoxy) is 2. The minimum Gasteiger partial charge on any atom is -0.444 e. The van der Waals surface area contributed by atoms with E-state index in [1.807, 2.05) is 51.1 Å². The molecule has 0 spiro atoms. The second kappa shape index (κ2) is 10.3. The monoisotopic (exact) mass is 464 g/mol. The number of nitrogens with one attached hydrogen (secondary N) is 1. The molecule has 0 radical (unpaired) electrons. The highest BCUT2D eigenvalue weighted by Crippen LogP contribution is 2.34. The fourth-order valence-electron chi connectivity index (χ4n) is 3.06. The summed E-state index contributed by atoms with van der Waals surface area (Å²) in [6, 6.07) is 16.8. The Morgan fingerprint density at radius 3 is 2.48 bits per heavy atom. The van der Waals surface area contributed by atoms with Crippen LogP contribution in [-0.2, 0) is 11.2 Å². The fraction of sp³-hybridized carbons (Fsp3) is 0.280. The number of carbonyl (C=O) groups is 1. The van der Waals surface area contributed by atoms with Gasteiger partial charge in [-0.1, -0.05) is 35.9 Å². The van der Waals surface area contributed by atoms with Crippen molar-refractivity contribution in [2.75, 3.05) is 6.54 Å². The first-order valence-corrected chi connectivity index (χ1v) is 10.8. The minimum atomic E-state index is -0.525. The van der Waals surface area contributed by atoms with Gasteiger partial charge in [-0.2, -0.15) is 10.2 Å². The molecule has 1 amide bonds. The Labute approximate surface area is 198 Å². The molecular weight excluding hydrogens is 440 g/mol. The third-order valence-electron chi connectivity index (χ3n) is 4.46. The Balaban J connectivity index is 1.75. The van der Waals surface area contributed by atoms with Gasteiger partial charge >= 0.3 is 6.09 Å². The molecular formula is C25H25ClN4O3. The van der Waals surface area contributed by atoms with Crippen LogP contribution >= 0.6 is 11.6 Å². The van der Waals surface area contributed by atoms with E-state index in [2.05, 4.69) is 21.4 Å². The molecule has 0 bridgehead atoms. The number of carbonyl (C=O) groups excluding carboxylic acids is 1. The quantitative estimate of drug-likeness (QED) is 0.460. The van der Waals surface area contributed by atoms with Crippen molar-refractivity contribution in [2.45, 2.75) is 39.7 Å². The molecule has 1 aromatic heterocycles. The van der Waals surface area contributed by atoms with Gasteiger partial charge < -0.3 is 14.8 Å². The van der Waals surface area contributed by atoms with E-state index in [4.69, 9.17) is 21.1 Å². The van der Waals surface area contributed by atoms with Crippen LogP contribution in [0, 0.1) is 18.3 Å². The molecule has 3 rings (SSSR count). The van der Waals surface area contributed by atoms with E-state index in [1.165, 1.54) is 6.07 Å². The molecule has 0 aliphatic rings. The Bertz CT molecular complexity index is 1160. The molecule has 3 aromatic rings. The summed E-state index contributed by atoms with van der Waals surface area (Å²) in [5.74, 6) is 1.27. The summed E-state index contributed by atoms with van der Waals surface area (Å²) < 4.78 is 11.2. The number of nitriles is 1. The van der Waals surface area contributed by atoms with Crippen LogP contribution in [0.1, 0.15) is 37.7 Å². The number of aromatic nitrogens is 2. The average molecular weight is 465 g/mol. The van der Waals surface area contributed by atoms with E-state index in [0.717, 1.165) is 16.7 Å². The van der Waals surface area contributed by atoms with Gasteiger partial charge in [0.2, 0.25) is 5.88 Å². The first-order valence-electron chi connectivity index (χ1n) is 10.4. The van der Waals surface area contributed by atoms with Crippen LogP contribution in [0.5, 0.6) is 11.6 Å². The topological polar surface area (TPSA) is 97.1 Å². The van der Waals surface area contributed by atoms with Gasteiger partial charge in [-0.3, -0.25) is 0 Å². The number of amides is 1. The molecule has 0 unspecified atom stereocenters. The highest BCUT2D eigenvalue weighted by molar-refractivity contribution is 6.29. The van der Waals surface area contributed by atoms with Gasteiger partial charge in [0.25, 0.3) is 0 Å². The molecule has 1 heterocycles. The van der Waals surface area contributed by atoms with Gasteiger partial charge in [0.1, 0.15) is 22.3 Å². The number of nitrogens with zero attached hydrogens (tertiary/aromatic N) is 3. The molecule has 8 heteroatoms. The number of alkyl carbamates (subject to hydrolysis) is 1. The fourth-order valence-corrected chi connectivity index (χ4v) is 3.27. The number of halogens is 1. The summed E-state index contributed by atoms with van der Waals surface area (Å²) in [6.45, 7) is 7.67. The first-order chi connectivity index (χ1) is 15.6. The van der Waals surface area contributed by atoms with Gasteiger partial charge in [0.05, 0.1) is 11.6 Å². The zero-order chi connectivity index (χ0) is 24.0. The van der Waals surface area contributed by atoms with Crippen molar-refractivity contribution in [3.8, 4) is 28.8 Å². The molecule has 2 aromatic carbocycles. The Morgan fingerprint density at radius 1 is 1.12 bits per heavy atom. The van der Waals surface area contributed by atoms with Crippen LogP contribution in [0.2, 0.25) is 5.15 Å². The number of benzene rings is 2. The highest BCUT2D eigenvalue weighted by Gasteiger charge is 2.15. The van der Waals surface area contributed by atoms with Crippen molar-refractivity contribution >= 4 is 17.7 Å². The molecule has 0 atom stereocenters. The molecule has 33 heavy (non-hydrogen) atoms. The van der Waals surface area contributed by atoms with Crippen LogP contribution < -0.4 is 10.1 Å². The Hall–Kier alpha value is -3.63. The van der Waals surface area contributed by atoms with Gasteiger partial charge in [0.15, 0.2) is 0 Å². The number of hydrogen-bond acceptors (Lipinski definition) is 6. The molecule has 0 aliphatic heterocycles. The van der Waals surface area contributed by atoms with Crippen LogP contribution in [-0.4, -0.2) is 28.2 Å². The van der Waals surface area contributed by atoms with E-state index in [1.54, 1.807) is 19.1 Å². The highest BCUT2D eigenvalue weighted by atomic mass is 35.5. The number of hydrogen-bond donors (Lipinski definition) is 1. The van der Waals surface area contributed by atoms with Crippen molar-refractivity contribution in [1.82, 2.24) is 15.3 Å². The molecule has 170 valence electrons. The molecule has 0 fully saturated rings. The summed E-state index contributed by atoms with van der Waals surface area (Å²) in [6.07, 6.45) is 0.230. The largest absolute Gasteiger partial charge is 0.444 e. The summed E-state index contributed by atoms with van der Waals surface area (Å²) in [4.78, 5) is 20.1. The average Bonchev–Trinajstić information content (AvgIpc) is 2.72. The Kier molecular flexibility index (Phi) is 7.52. The smallest absolute Gasteiger partial charge is 0.407 e. The van der Waals surface area contributed by atoms with Crippen molar-refractivity contribution in [3.63, 3.8) is 0 Å². The van der Waals surface area contributed by atoms with E-state index in [9.17, 15) is 10.1 Å². The first kappa shape index (κ1) is 24.0. The van der Waals surface area contributed by atoms with E-state index < -0.39 is 11.7 Å². The van der Waals surface area contributed by atoms with Gasteiger partial charge in [0, 0.05) is 18.2 Å². The lowest BCUT2D eigenvalue weighted by Gasteiger charge is -2.19. The zero-order valence-corrected chi connectivity index (χ0v) is 19.7. The van der Waals surface area contributed by atoms with E-state index >= 15 is 0 Å². The van der Waals surface area contributed by atoms with Crippen LogP contribution in [0.3, 0.4) is 0 Å². The SMILES string of the molecule is Cc1nc(Cl)cc(Oc2cc(C#N)ccc2-c2ccc(CCNC(=O)OC(C)(C)C)cc2)n1. The molecule has 0 saturated heterocycles. The summed E-state index contributed by atoms with van der Waals surface area (Å²) in [5, 5.41) is 12.3. The summed E-state index contributed by atoms with van der Waals surface area (Å²) in [5.41, 5.74) is 2.72. The van der Waals surface area contributed by atoms with Crippen molar-refractivity contribution in [3.05, 3.63) is 70.6 Å². The van der Waals surface area contributed by atoms with Crippen molar-refractivity contribution < 1.29 is 14.3 Å². The lowest BCUT2D eigenvalue weighted by Crippen LogP contribution is -2.33. The normalized spacial score (nSPS) is 10.9. The van der Waals surface area contributed by atoms with Gasteiger partial charge in [-0.25, -0.2) is 9.78 Å². The second-order valence-electron chi connectivity index (χ2n) is 8.38. The molecule has 0 aliphatic carbocycles. The van der Waals surface area contributed by atoms with Crippen LogP contribution in [0.15, 0.2) is 48.5 Å². The van der Waals surface area contributed by atoms with Crippen molar-refractivity contribution in [1.29, 1.82) is 5.26 Å². The minimum absolute atomic E-state index is 0.278. The third-order valence-corrected chi connectivity index (χ3v) is 4.65. The van der Waals surface area contributed by atoms with E-state index in [0.29, 0.717) is 36.0 Å². The van der Waals surface area contributed by atoms with Gasteiger partial charge in [-0.15, -0.1) is 0 Å². The third kappa shape index (κ3) is 7.19. The molecule has 0 saturated carbocycles. The standard InChI is InChI=1S/C25H25ClN4O3/c1-16-29-22(26)14-23(30-16)32-21-13-18(15-27)7-10-20(21)19-8-5-17(6-9-19)11-12-28-24(31)33-25(2,3)4/h5-10,13-14H,11-12H2,1-4H3,(H,28,31). The predicted octanol–water partition coefficient (Wildman–Crippen LogP) is 5.84. The van der Waals surface area contributed by atoms with Gasteiger partial charge in [-0.05, 0) is 63.4 Å². The lowest BCUT2D eigenvalue weighted by atomic mass is 10.0. The molecule has 7 nitrogen and oxygen atoms in total. The second-order valence-corrected chi connectivity index (χ2v) is 8.76. The van der Waals surface area contributed by atoms with Crippen LogP contribution in [0.25, 0.3) is 11.1 Å². The van der Waals surface area contributed by atoms with E-state index in [-0.39, 0.29) is 5.15 Å². The number of rotatable bonds is 6. The maximum atomic E-state index is 11.8. The lowest BCUT2D eigenvalue weighted by molar-refractivity contribution is 0.0528. The van der Waals surface area contributed by atoms with Crippen LogP contribution in [0.4, 0.5) is 4.79 Å². The maximum absolute atomic E-state index is 11.8. The summed E-state index contributed by atoms with van der Waals surface area (Å²) in [7, 11) is 0. The number of aryl methyl sites for hydroxylation is 1. The Morgan fingerprint density at radius 2 is 1.85 bits per heavy atom. The maximum Gasteiger partial charge on any atom is 0.407 e. The predicted molar refractivity (Wildman–Crippen MR) is 126 cm³/mol. The zero-order valence-electron chi connectivity index (χ0n) is 19.0.